The normalized spacial score (nSPS) is 10.8. The monoisotopic (exact) mass is 288 g/mol. The van der Waals surface area contributed by atoms with Crippen molar-refractivity contribution in [1.82, 2.24) is 5.17 Å². The first-order chi connectivity index (χ1) is 8.56. The molecular formula is C11H14Cl2N4O. The number of nitrogens with two attached hydrogens (primary N) is 1. The van der Waals surface area contributed by atoms with Gasteiger partial charge in [0.25, 0.3) is 0 Å². The first-order valence-electron chi connectivity index (χ1n) is 5.31. The van der Waals surface area contributed by atoms with Crippen molar-refractivity contribution < 1.29 is 4.84 Å². The van der Waals surface area contributed by atoms with Crippen LogP contribution in [0.25, 0.3) is 0 Å². The van der Waals surface area contributed by atoms with Crippen LogP contribution in [0.3, 0.4) is 0 Å². The van der Waals surface area contributed by atoms with Gasteiger partial charge in [0, 0.05) is 5.56 Å². The predicted octanol–water partition coefficient (Wildman–Crippen LogP) is 2.86. The van der Waals surface area contributed by atoms with Gasteiger partial charge >= 0.3 is 0 Å². The van der Waals surface area contributed by atoms with Gasteiger partial charge < -0.3 is 5.73 Å². The molecule has 0 bridgehead atoms. The van der Waals surface area contributed by atoms with Gasteiger partial charge in [0.1, 0.15) is 0 Å². The summed E-state index contributed by atoms with van der Waals surface area (Å²) in [5.41, 5.74) is 5.87. The van der Waals surface area contributed by atoms with E-state index >= 15 is 0 Å². The Morgan fingerprint density at radius 1 is 1.50 bits per heavy atom. The second-order valence-electron chi connectivity index (χ2n) is 3.37. The Bertz CT molecular complexity index is 430. The zero-order valence-electron chi connectivity index (χ0n) is 9.86. The Kier molecular flexibility index (Phi) is 5.91. The smallest absolute Gasteiger partial charge is 0.236 e. The van der Waals surface area contributed by atoms with E-state index < -0.39 is 0 Å². The fraction of sp³-hybridized carbons (Fsp3) is 0.273. The second-order valence-corrected chi connectivity index (χ2v) is 4.19. The van der Waals surface area contributed by atoms with Crippen molar-refractivity contribution in [2.24, 2.45) is 10.8 Å². The Labute approximate surface area is 116 Å². The molecule has 0 heterocycles. The molecule has 0 aliphatic rings. The van der Waals surface area contributed by atoms with Gasteiger partial charge in [0.2, 0.25) is 5.96 Å². The highest BCUT2D eigenvalue weighted by Crippen LogP contribution is 2.22. The van der Waals surface area contributed by atoms with E-state index in [9.17, 15) is 0 Å². The number of guanidine groups is 1. The largest absolute Gasteiger partial charge is 0.367 e. The number of rotatable bonds is 5. The zero-order valence-corrected chi connectivity index (χ0v) is 11.4. The number of nitrogens with one attached hydrogen (secondary N) is 1. The minimum atomic E-state index is -0.317. The summed E-state index contributed by atoms with van der Waals surface area (Å²) in [5, 5.41) is 13.1. The van der Waals surface area contributed by atoms with Crippen LogP contribution in [0.15, 0.2) is 23.3 Å². The second kappa shape index (κ2) is 7.20. The minimum absolute atomic E-state index is 0.317. The molecule has 0 unspecified atom stereocenters. The quantitative estimate of drug-likeness (QED) is 0.497. The molecule has 0 saturated heterocycles. The van der Waals surface area contributed by atoms with Crippen molar-refractivity contribution in [3.63, 3.8) is 0 Å². The van der Waals surface area contributed by atoms with E-state index in [2.05, 4.69) is 5.10 Å². The minimum Gasteiger partial charge on any atom is -0.367 e. The Hall–Kier alpha value is -1.30. The standard InChI is InChI=1S/C11H14Cl2N4O/c1-2-6-18-17(11(14)15)16-7-8-9(12)4-3-5-10(8)13/h3-5,7H,2,6H2,1H3,(H3,14,15)/b16-7+. The fourth-order valence-electron chi connectivity index (χ4n) is 1.09. The molecule has 0 spiro atoms. The van der Waals surface area contributed by atoms with Crippen LogP contribution in [0.5, 0.6) is 0 Å². The first-order valence-corrected chi connectivity index (χ1v) is 6.07. The summed E-state index contributed by atoms with van der Waals surface area (Å²) in [6.45, 7) is 2.35. The summed E-state index contributed by atoms with van der Waals surface area (Å²) < 4.78 is 0. The highest BCUT2D eigenvalue weighted by molar-refractivity contribution is 6.38. The molecule has 0 saturated carbocycles. The van der Waals surface area contributed by atoms with Crippen LogP contribution in [-0.2, 0) is 4.84 Å². The molecular weight excluding hydrogens is 275 g/mol. The first kappa shape index (κ1) is 14.8. The van der Waals surface area contributed by atoms with Crippen LogP contribution in [0.2, 0.25) is 10.0 Å². The van der Waals surface area contributed by atoms with Crippen LogP contribution in [0.1, 0.15) is 18.9 Å². The molecule has 5 nitrogen and oxygen atoms in total. The molecule has 0 amide bonds. The summed E-state index contributed by atoms with van der Waals surface area (Å²) in [7, 11) is 0. The van der Waals surface area contributed by atoms with Gasteiger partial charge in [-0.15, -0.1) is 5.17 Å². The van der Waals surface area contributed by atoms with Crippen molar-refractivity contribution in [3.05, 3.63) is 33.8 Å². The molecule has 1 rings (SSSR count). The third-order valence-corrected chi connectivity index (χ3v) is 2.57. The van der Waals surface area contributed by atoms with Gasteiger partial charge in [-0.2, -0.15) is 5.10 Å². The molecule has 0 aromatic heterocycles. The van der Waals surface area contributed by atoms with Crippen LogP contribution in [-0.4, -0.2) is 24.0 Å². The van der Waals surface area contributed by atoms with E-state index in [0.717, 1.165) is 11.6 Å². The summed E-state index contributed by atoms with van der Waals surface area (Å²) in [6, 6.07) is 5.12. The third kappa shape index (κ3) is 4.18. The van der Waals surface area contributed by atoms with E-state index in [1.54, 1.807) is 18.2 Å². The lowest BCUT2D eigenvalue weighted by Gasteiger charge is -2.15. The van der Waals surface area contributed by atoms with Gasteiger partial charge in [-0.3, -0.25) is 5.41 Å². The molecule has 18 heavy (non-hydrogen) atoms. The molecule has 98 valence electrons. The van der Waals surface area contributed by atoms with Crippen molar-refractivity contribution in [2.75, 3.05) is 6.61 Å². The molecule has 0 radical (unpaired) electrons. The summed E-state index contributed by atoms with van der Waals surface area (Å²) >= 11 is 12.0. The van der Waals surface area contributed by atoms with Crippen LogP contribution in [0, 0.1) is 5.41 Å². The highest BCUT2D eigenvalue weighted by Gasteiger charge is 2.06. The lowest BCUT2D eigenvalue weighted by Crippen LogP contribution is -2.32. The Morgan fingerprint density at radius 3 is 2.61 bits per heavy atom. The number of benzene rings is 1. The number of hydrazone groups is 1. The van der Waals surface area contributed by atoms with Crippen LogP contribution in [0.4, 0.5) is 0 Å². The number of hydrogen-bond donors (Lipinski definition) is 2. The zero-order chi connectivity index (χ0) is 13.5. The van der Waals surface area contributed by atoms with Gasteiger partial charge in [-0.1, -0.05) is 36.2 Å². The maximum atomic E-state index is 7.30. The summed E-state index contributed by atoms with van der Waals surface area (Å²) in [6.07, 6.45) is 2.19. The van der Waals surface area contributed by atoms with Crippen LogP contribution < -0.4 is 5.73 Å². The Balaban J connectivity index is 2.85. The molecule has 0 aliphatic heterocycles. The van der Waals surface area contributed by atoms with E-state index in [1.807, 2.05) is 6.92 Å². The SMILES string of the molecule is CCCON(/N=C/c1c(Cl)cccc1Cl)C(=N)N. The van der Waals surface area contributed by atoms with Crippen molar-refractivity contribution >= 4 is 35.4 Å². The maximum Gasteiger partial charge on any atom is 0.236 e. The van der Waals surface area contributed by atoms with Gasteiger partial charge in [-0.05, 0) is 18.6 Å². The number of nitrogens with zero attached hydrogens (tertiary/aromatic N) is 2. The third-order valence-electron chi connectivity index (χ3n) is 1.92. The highest BCUT2D eigenvalue weighted by atomic mass is 35.5. The van der Waals surface area contributed by atoms with Crippen molar-refractivity contribution in [3.8, 4) is 0 Å². The maximum absolute atomic E-state index is 7.30. The number of hydrogen-bond acceptors (Lipinski definition) is 3. The van der Waals surface area contributed by atoms with Crippen molar-refractivity contribution in [1.29, 1.82) is 5.41 Å². The fourth-order valence-corrected chi connectivity index (χ4v) is 1.58. The predicted molar refractivity (Wildman–Crippen MR) is 74.1 cm³/mol. The van der Waals surface area contributed by atoms with Gasteiger partial charge in [-0.25, -0.2) is 4.84 Å². The van der Waals surface area contributed by atoms with E-state index in [1.165, 1.54) is 6.21 Å². The molecule has 0 fully saturated rings. The van der Waals surface area contributed by atoms with E-state index in [0.29, 0.717) is 22.2 Å². The molecule has 0 aliphatic carbocycles. The van der Waals surface area contributed by atoms with Gasteiger partial charge in [0.15, 0.2) is 0 Å². The molecule has 3 N–H and O–H groups in total. The molecule has 1 aromatic rings. The average Bonchev–Trinajstić information content (AvgIpc) is 2.31. The average molecular weight is 289 g/mol. The van der Waals surface area contributed by atoms with Gasteiger partial charge in [0.05, 0.1) is 22.9 Å². The number of hydroxylamine groups is 1. The van der Waals surface area contributed by atoms with E-state index in [-0.39, 0.29) is 5.96 Å². The van der Waals surface area contributed by atoms with E-state index in [4.69, 9.17) is 39.2 Å². The summed E-state index contributed by atoms with van der Waals surface area (Å²) in [5.74, 6) is -0.317. The lowest BCUT2D eigenvalue weighted by molar-refractivity contribution is -0.0995. The molecule has 0 atom stereocenters. The van der Waals surface area contributed by atoms with Crippen molar-refractivity contribution in [2.45, 2.75) is 13.3 Å². The topological polar surface area (TPSA) is 74.7 Å². The summed E-state index contributed by atoms with van der Waals surface area (Å²) in [4.78, 5) is 5.15. The molecule has 7 heteroatoms. The van der Waals surface area contributed by atoms with Crippen LogP contribution >= 0.6 is 23.2 Å². The lowest BCUT2D eigenvalue weighted by atomic mass is 10.2. The Morgan fingerprint density at radius 2 is 2.11 bits per heavy atom. The molecule has 1 aromatic carbocycles. The number of halogens is 2.